The van der Waals surface area contributed by atoms with Gasteiger partial charge in [0.1, 0.15) is 17.2 Å². The Labute approximate surface area is 232 Å². The van der Waals surface area contributed by atoms with Crippen molar-refractivity contribution in [3.8, 4) is 5.75 Å². The van der Waals surface area contributed by atoms with Crippen LogP contribution in [-0.2, 0) is 18.4 Å². The van der Waals surface area contributed by atoms with E-state index in [1.54, 1.807) is 0 Å². The van der Waals surface area contributed by atoms with E-state index in [-0.39, 0.29) is 17.6 Å². The number of piperidine rings is 1. The number of anilines is 1. The lowest BCUT2D eigenvalue weighted by Gasteiger charge is -2.38. The molecule has 4 heterocycles. The van der Waals surface area contributed by atoms with Crippen LogP contribution < -0.4 is 15.0 Å². The van der Waals surface area contributed by atoms with Crippen molar-refractivity contribution >= 4 is 16.7 Å². The van der Waals surface area contributed by atoms with Crippen molar-refractivity contribution in [3.05, 3.63) is 64.7 Å². The molecule has 1 spiro atoms. The Morgan fingerprint density at radius 1 is 1.11 bits per heavy atom. The van der Waals surface area contributed by atoms with Crippen molar-refractivity contribution in [3.63, 3.8) is 0 Å². The van der Waals surface area contributed by atoms with Crippen LogP contribution in [0.1, 0.15) is 75.7 Å². The number of fused-ring (bicyclic) bond motifs is 1. The van der Waals surface area contributed by atoms with Crippen molar-refractivity contribution in [1.29, 1.82) is 0 Å². The van der Waals surface area contributed by atoms with E-state index in [2.05, 4.69) is 77.6 Å². The Morgan fingerprint density at radius 3 is 2.39 bits per heavy atom. The molecule has 0 amide bonds. The van der Waals surface area contributed by atoms with E-state index in [1.165, 1.54) is 28.2 Å². The van der Waals surface area contributed by atoms with Gasteiger partial charge in [-0.1, -0.05) is 64.4 Å². The third-order valence-electron chi connectivity index (χ3n) is 6.69. The minimum absolute atomic E-state index is 0.00677. The van der Waals surface area contributed by atoms with Crippen LogP contribution in [0.2, 0.25) is 0 Å². The summed E-state index contributed by atoms with van der Waals surface area (Å²) in [6, 6.07) is 10.5. The number of aliphatic hydroxyl groups excluding tert-OH is 1. The van der Waals surface area contributed by atoms with E-state index in [0.29, 0.717) is 6.54 Å². The highest BCUT2D eigenvalue weighted by molar-refractivity contribution is 7.09. The summed E-state index contributed by atoms with van der Waals surface area (Å²) in [6.45, 7) is 18.2. The highest BCUT2D eigenvalue weighted by atomic mass is 32.1. The minimum atomic E-state index is -0.0498. The lowest BCUT2D eigenvalue weighted by molar-refractivity contribution is 0.0665. The highest BCUT2D eigenvalue weighted by Crippen LogP contribution is 2.41. The lowest BCUT2D eigenvalue weighted by Crippen LogP contribution is -2.47. The van der Waals surface area contributed by atoms with Crippen LogP contribution in [0.25, 0.3) is 0 Å². The van der Waals surface area contributed by atoms with Crippen molar-refractivity contribution < 1.29 is 9.84 Å². The summed E-state index contributed by atoms with van der Waals surface area (Å²) in [5.41, 5.74) is 4.87. The molecule has 2 aliphatic heterocycles. The Balaban J connectivity index is 0.000000242. The number of nitrogens with one attached hydrogen (secondary N) is 1. The number of rotatable bonds is 5. The molecule has 3 aromatic rings. The zero-order valence-corrected chi connectivity index (χ0v) is 25.0. The molecule has 0 bridgehead atoms. The van der Waals surface area contributed by atoms with E-state index >= 15 is 0 Å². The van der Waals surface area contributed by atoms with Crippen LogP contribution in [0.4, 0.5) is 5.13 Å². The first-order valence-corrected chi connectivity index (χ1v) is 14.6. The Morgan fingerprint density at radius 2 is 1.79 bits per heavy atom. The van der Waals surface area contributed by atoms with Gasteiger partial charge < -0.3 is 20.1 Å². The zero-order valence-electron chi connectivity index (χ0n) is 24.2. The van der Waals surface area contributed by atoms with Gasteiger partial charge in [0.25, 0.3) is 0 Å². The summed E-state index contributed by atoms with van der Waals surface area (Å²) in [7, 11) is 0. The Bertz CT molecular complexity index is 1130. The van der Waals surface area contributed by atoms with Gasteiger partial charge in [-0.25, -0.2) is 4.98 Å². The van der Waals surface area contributed by atoms with E-state index < -0.39 is 0 Å². The molecule has 0 unspecified atom stereocenters. The SMILES string of the molecule is CC.Cc1cc2c(cn1)OC1(CCN(c3nc(C(C)(C)C)ns3)CC1)C2.Cc1ccc(CNCCO)cc1. The van der Waals surface area contributed by atoms with Crippen molar-refractivity contribution in [1.82, 2.24) is 19.7 Å². The zero-order chi connectivity index (χ0) is 27.8. The number of hydrogen-bond donors (Lipinski definition) is 2. The summed E-state index contributed by atoms with van der Waals surface area (Å²) in [5, 5.41) is 12.7. The molecule has 2 aliphatic rings. The molecule has 1 saturated heterocycles. The van der Waals surface area contributed by atoms with Gasteiger partial charge in [-0.15, -0.1) is 0 Å². The van der Waals surface area contributed by atoms with Gasteiger partial charge in [0, 0.05) is 73.6 Å². The molecule has 0 saturated carbocycles. The average Bonchev–Trinajstić information content (AvgIpc) is 3.53. The quantitative estimate of drug-likeness (QED) is 0.407. The number of aromatic nitrogens is 3. The van der Waals surface area contributed by atoms with Gasteiger partial charge in [-0.2, -0.15) is 4.37 Å². The minimum Gasteiger partial charge on any atom is -0.485 e. The summed E-state index contributed by atoms with van der Waals surface area (Å²) >= 11 is 1.52. The maximum atomic E-state index is 8.53. The molecule has 5 rings (SSSR count). The standard InChI is InChI=1S/C18H24N4OS.C10H15NO.C2H6/c1-12-9-13-10-18(23-14(13)11-19-12)5-7-22(8-6-18)16-20-15(21-24-16)17(2,3)4;1-9-2-4-10(5-3-9)8-11-6-7-12;1-2/h9,11H,5-8,10H2,1-4H3;2-5,11-12H,6-8H2,1H3;1-2H3. The van der Waals surface area contributed by atoms with Crippen molar-refractivity contribution in [2.24, 2.45) is 0 Å². The molecule has 2 aromatic heterocycles. The topological polar surface area (TPSA) is 83.4 Å². The number of aryl methyl sites for hydroxylation is 2. The van der Waals surface area contributed by atoms with E-state index in [9.17, 15) is 0 Å². The number of pyridine rings is 1. The van der Waals surface area contributed by atoms with Gasteiger partial charge in [0.2, 0.25) is 5.13 Å². The second-order valence-electron chi connectivity index (χ2n) is 10.9. The van der Waals surface area contributed by atoms with Crippen LogP contribution in [-0.4, -0.2) is 51.3 Å². The number of nitrogens with zero attached hydrogens (tertiary/aromatic N) is 4. The van der Waals surface area contributed by atoms with Crippen LogP contribution in [0, 0.1) is 13.8 Å². The molecule has 1 fully saturated rings. The van der Waals surface area contributed by atoms with Gasteiger partial charge in [0.05, 0.1) is 12.8 Å². The number of benzene rings is 1. The number of aliphatic hydroxyl groups is 1. The fraction of sp³-hybridized carbons (Fsp3) is 0.567. The van der Waals surface area contributed by atoms with Crippen LogP contribution >= 0.6 is 11.5 Å². The number of hydrogen-bond acceptors (Lipinski definition) is 8. The van der Waals surface area contributed by atoms with Crippen molar-refractivity contribution in [2.75, 3.05) is 31.1 Å². The summed E-state index contributed by atoms with van der Waals surface area (Å²) in [4.78, 5) is 11.5. The molecule has 0 atom stereocenters. The molecule has 7 nitrogen and oxygen atoms in total. The molecule has 1 aromatic carbocycles. The maximum absolute atomic E-state index is 8.53. The van der Waals surface area contributed by atoms with Crippen LogP contribution in [0.15, 0.2) is 36.5 Å². The molecule has 0 aliphatic carbocycles. The maximum Gasteiger partial charge on any atom is 0.205 e. The Kier molecular flexibility index (Phi) is 10.7. The first-order chi connectivity index (χ1) is 18.2. The molecule has 2 N–H and O–H groups in total. The fourth-order valence-electron chi connectivity index (χ4n) is 4.50. The van der Waals surface area contributed by atoms with Gasteiger partial charge in [-0.05, 0) is 25.5 Å². The fourth-order valence-corrected chi connectivity index (χ4v) is 5.41. The number of ether oxygens (including phenoxy) is 1. The van der Waals surface area contributed by atoms with E-state index in [0.717, 1.165) is 61.3 Å². The molecule has 208 valence electrons. The predicted molar refractivity (Wildman–Crippen MR) is 157 cm³/mol. The van der Waals surface area contributed by atoms with Gasteiger partial charge in [-0.3, -0.25) is 4.98 Å². The second kappa shape index (κ2) is 13.5. The Hall–Kier alpha value is -2.55. The summed E-state index contributed by atoms with van der Waals surface area (Å²) in [6.07, 6.45) is 4.92. The normalized spacial score (nSPS) is 15.6. The first-order valence-electron chi connectivity index (χ1n) is 13.8. The summed E-state index contributed by atoms with van der Waals surface area (Å²) < 4.78 is 10.9. The van der Waals surface area contributed by atoms with E-state index in [1.807, 2.05) is 27.0 Å². The largest absolute Gasteiger partial charge is 0.485 e. The molecular formula is C30H45N5O2S. The van der Waals surface area contributed by atoms with Crippen LogP contribution in [0.5, 0.6) is 5.75 Å². The molecule has 8 heteroatoms. The summed E-state index contributed by atoms with van der Waals surface area (Å²) in [5.74, 6) is 1.91. The first kappa shape index (κ1) is 30.0. The van der Waals surface area contributed by atoms with Gasteiger partial charge >= 0.3 is 0 Å². The highest BCUT2D eigenvalue weighted by Gasteiger charge is 2.42. The predicted octanol–water partition coefficient (Wildman–Crippen LogP) is 5.62. The third-order valence-corrected chi connectivity index (χ3v) is 7.47. The van der Waals surface area contributed by atoms with E-state index in [4.69, 9.17) is 14.8 Å². The second-order valence-corrected chi connectivity index (χ2v) is 11.6. The molecule has 0 radical (unpaired) electrons. The average molecular weight is 540 g/mol. The van der Waals surface area contributed by atoms with Gasteiger partial charge in [0.15, 0.2) is 0 Å². The van der Waals surface area contributed by atoms with Crippen LogP contribution in [0.3, 0.4) is 0 Å². The third kappa shape index (κ3) is 7.98. The smallest absolute Gasteiger partial charge is 0.205 e. The molecule has 38 heavy (non-hydrogen) atoms. The monoisotopic (exact) mass is 539 g/mol. The van der Waals surface area contributed by atoms with Crippen molar-refractivity contribution in [2.45, 2.75) is 85.3 Å². The molecular weight excluding hydrogens is 494 g/mol. The lowest BCUT2D eigenvalue weighted by atomic mass is 9.87.